The Balaban J connectivity index is 1.74. The van der Waals surface area contributed by atoms with Crippen LogP contribution in [0.5, 0.6) is 0 Å². The van der Waals surface area contributed by atoms with Crippen LogP contribution in [0.2, 0.25) is 0 Å². The van der Waals surface area contributed by atoms with Crippen molar-refractivity contribution in [1.82, 2.24) is 4.31 Å². The van der Waals surface area contributed by atoms with Crippen LogP contribution in [-0.2, 0) is 26.2 Å². The Morgan fingerprint density at radius 3 is 2.33 bits per heavy atom. The molecule has 6 nitrogen and oxygen atoms in total. The van der Waals surface area contributed by atoms with Gasteiger partial charge in [0, 0.05) is 11.4 Å². The summed E-state index contributed by atoms with van der Waals surface area (Å²) in [6.45, 7) is 1.90. The molecule has 1 unspecified atom stereocenters. The number of carbonyl (C=O) groups excluding carboxylic acids is 2. The van der Waals surface area contributed by atoms with Crippen LogP contribution in [-0.4, -0.2) is 30.6 Å². The maximum atomic E-state index is 13.5. The molecule has 1 fully saturated rings. The normalized spacial score (nSPS) is 17.1. The number of aryl methyl sites for hydroxylation is 1. The fourth-order valence-corrected chi connectivity index (χ4v) is 5.80. The molecule has 1 aliphatic rings. The van der Waals surface area contributed by atoms with Crippen LogP contribution in [0.1, 0.15) is 16.9 Å². The van der Waals surface area contributed by atoms with E-state index in [0.29, 0.717) is 5.69 Å². The average Bonchev–Trinajstić information content (AvgIpc) is 3.34. The number of carbonyl (C=O) groups is 2. The van der Waals surface area contributed by atoms with Gasteiger partial charge in [0.25, 0.3) is 5.91 Å². The minimum absolute atomic E-state index is 0.0280. The summed E-state index contributed by atoms with van der Waals surface area (Å²) < 4.78 is 28.2. The van der Waals surface area contributed by atoms with Gasteiger partial charge in [-0.15, -0.1) is 11.3 Å². The van der Waals surface area contributed by atoms with Gasteiger partial charge in [0.05, 0.1) is 17.0 Å². The van der Waals surface area contributed by atoms with Crippen LogP contribution < -0.4 is 4.90 Å². The molecule has 0 spiro atoms. The highest BCUT2D eigenvalue weighted by Gasteiger charge is 2.47. The van der Waals surface area contributed by atoms with Gasteiger partial charge in [-0.25, -0.2) is 13.3 Å². The first-order valence-corrected chi connectivity index (χ1v) is 11.7. The smallest absolute Gasteiger partial charge is 0.252 e. The van der Waals surface area contributed by atoms with Crippen LogP contribution in [0.3, 0.4) is 0 Å². The molecule has 1 atom stereocenters. The van der Waals surface area contributed by atoms with E-state index >= 15 is 0 Å². The summed E-state index contributed by atoms with van der Waals surface area (Å²) in [6, 6.07) is 17.6. The topological polar surface area (TPSA) is 74.8 Å². The number of para-hydroxylation sites is 1. The number of sulfonamides is 1. The number of hydrogen-bond donors (Lipinski definition) is 0. The molecule has 1 saturated heterocycles. The minimum atomic E-state index is -4.00. The molecule has 2 amide bonds. The largest absolute Gasteiger partial charge is 0.274 e. The summed E-state index contributed by atoms with van der Waals surface area (Å²) in [6.07, 6.45) is -0.190. The number of benzene rings is 2. The lowest BCUT2D eigenvalue weighted by Gasteiger charge is -2.26. The Labute approximate surface area is 179 Å². The van der Waals surface area contributed by atoms with E-state index in [-0.39, 0.29) is 17.9 Å². The predicted molar refractivity (Wildman–Crippen MR) is 116 cm³/mol. The maximum absolute atomic E-state index is 13.5. The zero-order valence-corrected chi connectivity index (χ0v) is 17.9. The lowest BCUT2D eigenvalue weighted by Crippen LogP contribution is -2.44. The van der Waals surface area contributed by atoms with E-state index in [2.05, 4.69) is 0 Å². The molecule has 0 saturated carbocycles. The van der Waals surface area contributed by atoms with Gasteiger partial charge >= 0.3 is 0 Å². The molecule has 2 aromatic carbocycles. The van der Waals surface area contributed by atoms with Crippen molar-refractivity contribution < 1.29 is 18.0 Å². The maximum Gasteiger partial charge on any atom is 0.252 e. The van der Waals surface area contributed by atoms with Crippen molar-refractivity contribution in [2.24, 2.45) is 0 Å². The van der Waals surface area contributed by atoms with Crippen LogP contribution in [0.4, 0.5) is 5.69 Å². The highest BCUT2D eigenvalue weighted by atomic mass is 32.2. The molecule has 3 aromatic rings. The van der Waals surface area contributed by atoms with Gasteiger partial charge in [0.15, 0.2) is 0 Å². The molecular formula is C22H20N2O4S2. The Morgan fingerprint density at radius 2 is 1.70 bits per heavy atom. The molecule has 1 aliphatic heterocycles. The molecule has 30 heavy (non-hydrogen) atoms. The van der Waals surface area contributed by atoms with E-state index in [9.17, 15) is 18.0 Å². The molecule has 0 radical (unpaired) electrons. The summed E-state index contributed by atoms with van der Waals surface area (Å²) in [5.41, 5.74) is 1.37. The number of thiophene rings is 1. The second-order valence-electron chi connectivity index (χ2n) is 7.07. The van der Waals surface area contributed by atoms with Gasteiger partial charge in [0.2, 0.25) is 15.9 Å². The molecule has 8 heteroatoms. The number of anilines is 1. The van der Waals surface area contributed by atoms with Crippen LogP contribution in [0, 0.1) is 6.92 Å². The third kappa shape index (κ3) is 3.81. The Bertz CT molecular complexity index is 1160. The van der Waals surface area contributed by atoms with E-state index in [1.807, 2.05) is 24.4 Å². The molecule has 0 N–H and O–H groups in total. The lowest BCUT2D eigenvalue weighted by atomic mass is 10.2. The van der Waals surface area contributed by atoms with Gasteiger partial charge in [-0.1, -0.05) is 42.0 Å². The van der Waals surface area contributed by atoms with E-state index in [4.69, 9.17) is 0 Å². The first-order chi connectivity index (χ1) is 14.4. The zero-order chi connectivity index (χ0) is 21.3. The van der Waals surface area contributed by atoms with Crippen molar-refractivity contribution in [3.05, 3.63) is 82.6 Å². The van der Waals surface area contributed by atoms with Crippen LogP contribution >= 0.6 is 11.3 Å². The van der Waals surface area contributed by atoms with E-state index in [0.717, 1.165) is 19.6 Å². The highest BCUT2D eigenvalue weighted by Crippen LogP contribution is 2.31. The summed E-state index contributed by atoms with van der Waals surface area (Å²) in [5, 5.41) is 1.85. The molecule has 4 rings (SSSR count). The molecule has 2 heterocycles. The summed E-state index contributed by atoms with van der Waals surface area (Å²) >= 11 is 1.41. The molecule has 0 aliphatic carbocycles. The zero-order valence-electron chi connectivity index (χ0n) is 16.3. The standard InChI is InChI=1S/C22H20N2O4S2/c1-16-9-11-19(12-10-16)30(27,28)23(15-18-8-5-13-29-18)20-14-21(25)24(22(20)26)17-6-3-2-4-7-17/h2-13,20H,14-15H2,1H3. The van der Waals surface area contributed by atoms with Crippen molar-refractivity contribution in [3.8, 4) is 0 Å². The van der Waals surface area contributed by atoms with Gasteiger partial charge < -0.3 is 0 Å². The minimum Gasteiger partial charge on any atom is -0.274 e. The Kier molecular flexibility index (Phi) is 5.55. The van der Waals surface area contributed by atoms with E-state index in [1.54, 1.807) is 42.5 Å². The van der Waals surface area contributed by atoms with Crippen LogP contribution in [0.15, 0.2) is 77.0 Å². The third-order valence-electron chi connectivity index (χ3n) is 5.00. The number of hydrogen-bond acceptors (Lipinski definition) is 5. The van der Waals surface area contributed by atoms with Gasteiger partial charge in [-0.3, -0.25) is 9.59 Å². The van der Waals surface area contributed by atoms with Gasteiger partial charge in [-0.05, 0) is 42.6 Å². The van der Waals surface area contributed by atoms with E-state index < -0.39 is 27.9 Å². The van der Waals surface area contributed by atoms with E-state index in [1.165, 1.54) is 23.5 Å². The lowest BCUT2D eigenvalue weighted by molar-refractivity contribution is -0.122. The number of rotatable bonds is 6. The Hall–Kier alpha value is -2.81. The average molecular weight is 441 g/mol. The molecule has 154 valence electrons. The second-order valence-corrected chi connectivity index (χ2v) is 9.99. The number of nitrogens with zero attached hydrogens (tertiary/aromatic N) is 2. The van der Waals surface area contributed by atoms with Crippen molar-refractivity contribution in [3.63, 3.8) is 0 Å². The fourth-order valence-electron chi connectivity index (χ4n) is 3.45. The monoisotopic (exact) mass is 440 g/mol. The number of amides is 2. The summed E-state index contributed by atoms with van der Waals surface area (Å²) in [7, 11) is -4.00. The molecular weight excluding hydrogens is 420 g/mol. The van der Waals surface area contributed by atoms with Gasteiger partial charge in [0.1, 0.15) is 6.04 Å². The van der Waals surface area contributed by atoms with Crippen molar-refractivity contribution in [2.45, 2.75) is 30.8 Å². The highest BCUT2D eigenvalue weighted by molar-refractivity contribution is 7.89. The van der Waals surface area contributed by atoms with Crippen LogP contribution in [0.25, 0.3) is 0 Å². The molecule has 0 bridgehead atoms. The fraction of sp³-hybridized carbons (Fsp3) is 0.182. The quantitative estimate of drug-likeness (QED) is 0.549. The second kappa shape index (κ2) is 8.14. The van der Waals surface area contributed by atoms with Gasteiger partial charge in [-0.2, -0.15) is 4.31 Å². The third-order valence-corrected chi connectivity index (χ3v) is 7.73. The molecule has 1 aromatic heterocycles. The summed E-state index contributed by atoms with van der Waals surface area (Å²) in [5.74, 6) is -0.940. The Morgan fingerprint density at radius 1 is 1.00 bits per heavy atom. The van der Waals surface area contributed by atoms with Crippen molar-refractivity contribution >= 4 is 38.9 Å². The summed E-state index contributed by atoms with van der Waals surface area (Å²) in [4.78, 5) is 27.9. The predicted octanol–water partition coefficient (Wildman–Crippen LogP) is 3.58. The first kappa shape index (κ1) is 20.5. The van der Waals surface area contributed by atoms with Crippen molar-refractivity contribution in [2.75, 3.05) is 4.90 Å². The first-order valence-electron chi connectivity index (χ1n) is 9.40. The SMILES string of the molecule is Cc1ccc(S(=O)(=O)N(Cc2cccs2)C2CC(=O)N(c3ccccc3)C2=O)cc1. The number of imide groups is 1. The van der Waals surface area contributed by atoms with Crippen molar-refractivity contribution in [1.29, 1.82) is 0 Å².